The van der Waals surface area contributed by atoms with Crippen LogP contribution in [0.5, 0.6) is 0 Å². The van der Waals surface area contributed by atoms with Gasteiger partial charge in [0.1, 0.15) is 18.1 Å². The maximum absolute atomic E-state index is 13.2. The Balaban J connectivity index is 5.63. The number of hydrogen-bond acceptors (Lipinski definition) is 7. The lowest BCUT2D eigenvalue weighted by Gasteiger charge is -2.28. The first-order chi connectivity index (χ1) is 17.2. The topological polar surface area (TPSA) is 258 Å². The van der Waals surface area contributed by atoms with E-state index in [9.17, 15) is 29.1 Å². The van der Waals surface area contributed by atoms with Crippen LogP contribution in [0.25, 0.3) is 0 Å². The number of rotatable bonds is 18. The number of nitrogens with two attached hydrogens (primary N) is 4. The van der Waals surface area contributed by atoms with E-state index < -0.39 is 53.8 Å². The van der Waals surface area contributed by atoms with Gasteiger partial charge in [-0.05, 0) is 31.1 Å². The van der Waals surface area contributed by atoms with E-state index in [4.69, 9.17) is 22.9 Å². The Hall–Kier alpha value is -3.42. The Bertz CT molecular complexity index is 817. The number of guanidine groups is 1. The number of hydrogen-bond donors (Lipinski definition) is 8. The van der Waals surface area contributed by atoms with Crippen LogP contribution >= 0.6 is 0 Å². The maximum atomic E-state index is 13.2. The van der Waals surface area contributed by atoms with Crippen LogP contribution in [0.4, 0.5) is 0 Å². The Morgan fingerprint density at radius 2 is 1.38 bits per heavy atom. The average molecular weight is 529 g/mol. The number of nitrogens with one attached hydrogen (secondary N) is 3. The van der Waals surface area contributed by atoms with Crippen LogP contribution in [0, 0.1) is 11.8 Å². The molecule has 6 atom stereocenters. The van der Waals surface area contributed by atoms with Crippen molar-refractivity contribution in [2.45, 2.75) is 90.4 Å². The number of nitrogens with zero attached hydrogens (tertiary/aromatic N) is 1. The summed E-state index contributed by atoms with van der Waals surface area (Å²) in [6.07, 6.45) is 1.09. The molecule has 0 spiro atoms. The molecule has 0 aliphatic heterocycles. The number of aliphatic imine (C=N–C) groups is 1. The molecule has 0 aromatic heterocycles. The van der Waals surface area contributed by atoms with Gasteiger partial charge in [-0.2, -0.15) is 0 Å². The molecule has 0 saturated heterocycles. The summed E-state index contributed by atoms with van der Waals surface area (Å²) >= 11 is 0. The molecule has 4 amide bonds. The number of carboxylic acid groups (broad SMARTS) is 1. The molecule has 0 saturated carbocycles. The second-order valence-electron chi connectivity index (χ2n) is 9.20. The van der Waals surface area contributed by atoms with E-state index in [1.807, 2.05) is 20.8 Å². The zero-order valence-electron chi connectivity index (χ0n) is 22.2. The number of amides is 4. The third kappa shape index (κ3) is 12.9. The molecule has 14 heteroatoms. The van der Waals surface area contributed by atoms with Crippen molar-refractivity contribution in [3.8, 4) is 0 Å². The van der Waals surface area contributed by atoms with Crippen molar-refractivity contribution in [1.29, 1.82) is 0 Å². The standard InChI is InChI=1S/C23H44N8O6/c1-5-12(3)17(25)20(34)31-18(13(4)6-2)21(35)29-14(9-10-16(24)32)19(33)30-15(22(36)37)8-7-11-28-23(26)27/h12-15,17-18H,5-11,25H2,1-4H3,(H2,24,32)(H,29,35)(H,30,33)(H,31,34)(H,36,37)(H4,26,27,28). The van der Waals surface area contributed by atoms with Crippen LogP contribution in [0.15, 0.2) is 4.99 Å². The number of carboxylic acids is 1. The first-order valence-corrected chi connectivity index (χ1v) is 12.5. The minimum Gasteiger partial charge on any atom is -0.480 e. The molecule has 0 heterocycles. The highest BCUT2D eigenvalue weighted by atomic mass is 16.4. The SMILES string of the molecule is CCC(C)C(N)C(=O)NC(C(=O)NC(CCC(N)=O)C(=O)NC(CCCN=C(N)N)C(=O)O)C(C)CC. The molecule has 0 aliphatic carbocycles. The van der Waals surface area contributed by atoms with E-state index >= 15 is 0 Å². The van der Waals surface area contributed by atoms with E-state index in [1.54, 1.807) is 6.92 Å². The van der Waals surface area contributed by atoms with Gasteiger partial charge in [0, 0.05) is 13.0 Å². The fourth-order valence-electron chi connectivity index (χ4n) is 3.31. The molecule has 12 N–H and O–H groups in total. The van der Waals surface area contributed by atoms with E-state index in [-0.39, 0.29) is 50.0 Å². The minimum atomic E-state index is -1.29. The Morgan fingerprint density at radius 1 is 0.811 bits per heavy atom. The third-order valence-electron chi connectivity index (χ3n) is 6.23. The molecule has 14 nitrogen and oxygen atoms in total. The predicted octanol–water partition coefficient (Wildman–Crippen LogP) is -1.74. The highest BCUT2D eigenvalue weighted by Gasteiger charge is 2.33. The lowest BCUT2D eigenvalue weighted by Crippen LogP contribution is -2.59. The smallest absolute Gasteiger partial charge is 0.326 e. The molecule has 37 heavy (non-hydrogen) atoms. The van der Waals surface area contributed by atoms with E-state index in [1.165, 1.54) is 0 Å². The van der Waals surface area contributed by atoms with Crippen LogP contribution in [0.2, 0.25) is 0 Å². The van der Waals surface area contributed by atoms with Gasteiger partial charge >= 0.3 is 5.97 Å². The molecule has 0 radical (unpaired) electrons. The fourth-order valence-corrected chi connectivity index (χ4v) is 3.31. The minimum absolute atomic E-state index is 0.0212. The van der Waals surface area contributed by atoms with Crippen molar-refractivity contribution >= 4 is 35.6 Å². The zero-order chi connectivity index (χ0) is 28.7. The zero-order valence-corrected chi connectivity index (χ0v) is 22.2. The second kappa shape index (κ2) is 17.1. The monoisotopic (exact) mass is 528 g/mol. The quantitative estimate of drug-likeness (QED) is 0.0569. The molecule has 212 valence electrons. The van der Waals surface area contributed by atoms with Crippen molar-refractivity contribution in [1.82, 2.24) is 16.0 Å². The summed E-state index contributed by atoms with van der Waals surface area (Å²) in [4.78, 5) is 65.6. The fraction of sp³-hybridized carbons (Fsp3) is 0.739. The van der Waals surface area contributed by atoms with Crippen molar-refractivity contribution < 1.29 is 29.1 Å². The van der Waals surface area contributed by atoms with E-state index in [0.717, 1.165) is 0 Å². The number of primary amides is 1. The first kappa shape index (κ1) is 33.6. The van der Waals surface area contributed by atoms with Gasteiger partial charge in [-0.25, -0.2) is 4.79 Å². The maximum Gasteiger partial charge on any atom is 0.326 e. The summed E-state index contributed by atoms with van der Waals surface area (Å²) in [5, 5.41) is 17.1. The van der Waals surface area contributed by atoms with Crippen molar-refractivity contribution in [3.63, 3.8) is 0 Å². The highest BCUT2D eigenvalue weighted by Crippen LogP contribution is 2.12. The summed E-state index contributed by atoms with van der Waals surface area (Å²) in [5.41, 5.74) is 21.7. The van der Waals surface area contributed by atoms with Gasteiger partial charge in [0.05, 0.1) is 6.04 Å². The summed E-state index contributed by atoms with van der Waals surface area (Å²) in [6, 6.07) is -4.39. The van der Waals surface area contributed by atoms with Gasteiger partial charge in [0.25, 0.3) is 0 Å². The van der Waals surface area contributed by atoms with Crippen molar-refractivity contribution in [2.24, 2.45) is 39.8 Å². The van der Waals surface area contributed by atoms with Gasteiger partial charge in [-0.3, -0.25) is 24.2 Å². The van der Waals surface area contributed by atoms with E-state index in [2.05, 4.69) is 20.9 Å². The van der Waals surface area contributed by atoms with Gasteiger partial charge < -0.3 is 44.0 Å². The number of carbonyl (C=O) groups is 5. The molecule has 0 aromatic rings. The summed E-state index contributed by atoms with van der Waals surface area (Å²) < 4.78 is 0. The summed E-state index contributed by atoms with van der Waals surface area (Å²) in [5.74, 6) is -4.53. The molecule has 0 rings (SSSR count). The highest BCUT2D eigenvalue weighted by molar-refractivity contribution is 5.94. The Morgan fingerprint density at radius 3 is 1.86 bits per heavy atom. The van der Waals surface area contributed by atoms with Crippen LogP contribution < -0.4 is 38.9 Å². The lowest BCUT2D eigenvalue weighted by molar-refractivity contribution is -0.142. The third-order valence-corrected chi connectivity index (χ3v) is 6.23. The Kier molecular flexibility index (Phi) is 15.5. The van der Waals surface area contributed by atoms with Crippen LogP contribution in [-0.4, -0.2) is 71.4 Å². The van der Waals surface area contributed by atoms with Crippen molar-refractivity contribution in [2.75, 3.05) is 6.54 Å². The normalized spacial score (nSPS) is 15.7. The van der Waals surface area contributed by atoms with Gasteiger partial charge in [0.2, 0.25) is 23.6 Å². The molecule has 0 bridgehead atoms. The van der Waals surface area contributed by atoms with Crippen LogP contribution in [0.3, 0.4) is 0 Å². The molecule has 0 aromatic carbocycles. The predicted molar refractivity (Wildman–Crippen MR) is 139 cm³/mol. The Labute approximate surface area is 217 Å². The molecule has 0 fully saturated rings. The number of carbonyl (C=O) groups excluding carboxylic acids is 4. The van der Waals surface area contributed by atoms with Gasteiger partial charge in [0.15, 0.2) is 5.96 Å². The van der Waals surface area contributed by atoms with Crippen LogP contribution in [0.1, 0.15) is 66.2 Å². The number of aliphatic carboxylic acids is 1. The van der Waals surface area contributed by atoms with Gasteiger partial charge in [-0.1, -0.05) is 40.5 Å². The molecular formula is C23H44N8O6. The molecule has 6 unspecified atom stereocenters. The molecule has 0 aliphatic rings. The summed E-state index contributed by atoms with van der Waals surface area (Å²) in [6.45, 7) is 7.48. The first-order valence-electron chi connectivity index (χ1n) is 12.5. The van der Waals surface area contributed by atoms with Crippen molar-refractivity contribution in [3.05, 3.63) is 0 Å². The largest absolute Gasteiger partial charge is 0.480 e. The van der Waals surface area contributed by atoms with Crippen LogP contribution in [-0.2, 0) is 24.0 Å². The summed E-state index contributed by atoms with van der Waals surface area (Å²) in [7, 11) is 0. The molecular weight excluding hydrogens is 484 g/mol. The second-order valence-corrected chi connectivity index (χ2v) is 9.20. The lowest BCUT2D eigenvalue weighted by atomic mass is 9.95. The van der Waals surface area contributed by atoms with E-state index in [0.29, 0.717) is 12.8 Å². The average Bonchev–Trinajstić information content (AvgIpc) is 2.84. The van der Waals surface area contributed by atoms with Gasteiger partial charge in [-0.15, -0.1) is 0 Å².